The second-order valence-electron chi connectivity index (χ2n) is 6.28. The summed E-state index contributed by atoms with van der Waals surface area (Å²) in [5, 5.41) is 28.2. The minimum Gasteiger partial charge on any atom is -0.504 e. The van der Waals surface area contributed by atoms with Gasteiger partial charge >= 0.3 is 0 Å². The number of nitrogens with zero attached hydrogens (tertiary/aromatic N) is 3. The van der Waals surface area contributed by atoms with Crippen molar-refractivity contribution in [2.75, 3.05) is 5.75 Å². The minimum absolute atomic E-state index is 0.0968. The van der Waals surface area contributed by atoms with Gasteiger partial charge in [-0.25, -0.2) is 0 Å². The Hall–Kier alpha value is -3.52. The number of thioether (sulfide) groups is 1. The first-order chi connectivity index (χ1) is 14.0. The van der Waals surface area contributed by atoms with Gasteiger partial charge in [-0.2, -0.15) is 0 Å². The fraction of sp³-hybridized carbons (Fsp3) is 0.0952. The van der Waals surface area contributed by atoms with Gasteiger partial charge in [0.15, 0.2) is 28.3 Å². The Labute approximate surface area is 170 Å². The summed E-state index contributed by atoms with van der Waals surface area (Å²) in [6.45, 7) is 1.85. The van der Waals surface area contributed by atoms with E-state index in [1.807, 2.05) is 47.9 Å². The molecule has 4 rings (SSSR count). The van der Waals surface area contributed by atoms with Crippen LogP contribution in [0.3, 0.4) is 0 Å². The van der Waals surface area contributed by atoms with Gasteiger partial charge in [0.1, 0.15) is 5.76 Å². The number of aromatic nitrogens is 3. The van der Waals surface area contributed by atoms with Gasteiger partial charge in [-0.3, -0.25) is 9.36 Å². The molecule has 0 aliphatic heterocycles. The third-order valence-electron chi connectivity index (χ3n) is 4.38. The highest BCUT2D eigenvalue weighted by Crippen LogP contribution is 2.31. The van der Waals surface area contributed by atoms with Crippen LogP contribution in [-0.2, 0) is 0 Å². The van der Waals surface area contributed by atoms with Crippen LogP contribution in [0.1, 0.15) is 16.1 Å². The second kappa shape index (κ2) is 7.84. The van der Waals surface area contributed by atoms with Crippen molar-refractivity contribution >= 4 is 17.5 Å². The van der Waals surface area contributed by atoms with E-state index >= 15 is 0 Å². The molecule has 0 radical (unpaired) electrons. The molecule has 0 spiro atoms. The molecule has 0 saturated heterocycles. The highest BCUT2D eigenvalue weighted by atomic mass is 32.2. The number of carbonyl (C=O) groups is 1. The molecule has 0 bridgehead atoms. The quantitative estimate of drug-likeness (QED) is 0.280. The fourth-order valence-corrected chi connectivity index (χ4v) is 3.72. The molecule has 0 aliphatic rings. The summed E-state index contributed by atoms with van der Waals surface area (Å²) < 4.78 is 7.29. The number of phenols is 2. The molecule has 146 valence electrons. The number of ketones is 1. The van der Waals surface area contributed by atoms with E-state index in [9.17, 15) is 15.0 Å². The number of aryl methyl sites for hydroxylation is 1. The van der Waals surface area contributed by atoms with Gasteiger partial charge in [-0.05, 0) is 43.3 Å². The molecule has 0 fully saturated rings. The molecule has 0 amide bonds. The van der Waals surface area contributed by atoms with Crippen molar-refractivity contribution in [2.45, 2.75) is 12.1 Å². The number of phenolic OH excluding ortho intramolecular Hbond substituents is 2. The summed E-state index contributed by atoms with van der Waals surface area (Å²) in [4.78, 5) is 12.5. The van der Waals surface area contributed by atoms with E-state index in [1.54, 1.807) is 6.26 Å². The van der Waals surface area contributed by atoms with Crippen molar-refractivity contribution in [2.24, 2.45) is 0 Å². The molecule has 4 aromatic rings. The first kappa shape index (κ1) is 18.8. The molecule has 29 heavy (non-hydrogen) atoms. The average Bonchev–Trinajstić information content (AvgIpc) is 3.34. The van der Waals surface area contributed by atoms with Crippen LogP contribution in [0.25, 0.3) is 17.1 Å². The topological polar surface area (TPSA) is 101 Å². The number of aromatic hydroxyl groups is 2. The van der Waals surface area contributed by atoms with E-state index in [4.69, 9.17) is 4.42 Å². The van der Waals surface area contributed by atoms with Crippen molar-refractivity contribution in [3.63, 3.8) is 0 Å². The molecule has 0 atom stereocenters. The Morgan fingerprint density at radius 3 is 2.55 bits per heavy atom. The monoisotopic (exact) mass is 407 g/mol. The van der Waals surface area contributed by atoms with Crippen LogP contribution in [0.5, 0.6) is 11.5 Å². The number of benzene rings is 2. The first-order valence-electron chi connectivity index (χ1n) is 8.78. The highest BCUT2D eigenvalue weighted by molar-refractivity contribution is 7.99. The molecular weight excluding hydrogens is 390 g/mol. The number of hydrogen-bond donors (Lipinski definition) is 2. The maximum absolute atomic E-state index is 12.5. The highest BCUT2D eigenvalue weighted by Gasteiger charge is 2.20. The zero-order valence-electron chi connectivity index (χ0n) is 15.4. The molecule has 2 heterocycles. The fourth-order valence-electron chi connectivity index (χ4n) is 2.87. The Morgan fingerprint density at radius 1 is 1.07 bits per heavy atom. The number of carbonyl (C=O) groups excluding carboxylic acids is 1. The second-order valence-corrected chi connectivity index (χ2v) is 7.23. The third-order valence-corrected chi connectivity index (χ3v) is 5.31. The van der Waals surface area contributed by atoms with Gasteiger partial charge in [0.25, 0.3) is 0 Å². The maximum atomic E-state index is 12.5. The van der Waals surface area contributed by atoms with Crippen LogP contribution in [-0.4, -0.2) is 36.5 Å². The zero-order chi connectivity index (χ0) is 20.4. The van der Waals surface area contributed by atoms with E-state index in [2.05, 4.69) is 10.2 Å². The van der Waals surface area contributed by atoms with Crippen LogP contribution in [0.4, 0.5) is 0 Å². The molecular formula is C21H17N3O4S. The summed E-state index contributed by atoms with van der Waals surface area (Å²) in [6.07, 6.45) is 1.60. The predicted molar refractivity (Wildman–Crippen MR) is 109 cm³/mol. The number of furan rings is 1. The summed E-state index contributed by atoms with van der Waals surface area (Å²) in [7, 11) is 0. The summed E-state index contributed by atoms with van der Waals surface area (Å²) >= 11 is 1.24. The Morgan fingerprint density at radius 2 is 1.86 bits per heavy atom. The lowest BCUT2D eigenvalue weighted by molar-refractivity contribution is 0.102. The standard InChI is InChI=1S/C21H17N3O4S/c1-13-16(9-10-28-13)20-22-23-21(24(20)15-5-3-2-4-6-15)29-12-19(27)14-7-8-17(25)18(26)11-14/h2-11,25-26H,12H2,1H3. The number of para-hydroxylation sites is 1. The Balaban J connectivity index is 1.65. The number of rotatable bonds is 6. The SMILES string of the molecule is Cc1occc1-c1nnc(SCC(=O)c2ccc(O)c(O)c2)n1-c1ccccc1. The van der Waals surface area contributed by atoms with Gasteiger partial charge in [0.05, 0.1) is 17.6 Å². The van der Waals surface area contributed by atoms with Crippen molar-refractivity contribution in [1.29, 1.82) is 0 Å². The van der Waals surface area contributed by atoms with Crippen molar-refractivity contribution in [3.05, 3.63) is 72.2 Å². The molecule has 0 aliphatic carbocycles. The lowest BCUT2D eigenvalue weighted by Gasteiger charge is -2.10. The Bertz CT molecular complexity index is 1170. The summed E-state index contributed by atoms with van der Waals surface area (Å²) in [5.41, 5.74) is 2.00. The molecule has 7 nitrogen and oxygen atoms in total. The van der Waals surface area contributed by atoms with Crippen LogP contribution in [0, 0.1) is 6.92 Å². The van der Waals surface area contributed by atoms with E-state index in [1.165, 1.54) is 30.0 Å². The molecule has 8 heteroatoms. The van der Waals surface area contributed by atoms with Crippen LogP contribution < -0.4 is 0 Å². The lowest BCUT2D eigenvalue weighted by Crippen LogP contribution is -2.05. The van der Waals surface area contributed by atoms with Crippen LogP contribution in [0.15, 0.2) is 70.4 Å². The van der Waals surface area contributed by atoms with Crippen molar-refractivity contribution in [3.8, 4) is 28.6 Å². The largest absolute Gasteiger partial charge is 0.504 e. The van der Waals surface area contributed by atoms with Crippen LogP contribution in [0.2, 0.25) is 0 Å². The van der Waals surface area contributed by atoms with Crippen molar-refractivity contribution in [1.82, 2.24) is 14.8 Å². The van der Waals surface area contributed by atoms with E-state index in [0.717, 1.165) is 17.0 Å². The molecule has 2 aromatic carbocycles. The molecule has 2 aromatic heterocycles. The van der Waals surface area contributed by atoms with Crippen molar-refractivity contribution < 1.29 is 19.4 Å². The predicted octanol–water partition coefficient (Wildman–Crippen LogP) is 4.22. The smallest absolute Gasteiger partial charge is 0.196 e. The van der Waals surface area contributed by atoms with E-state index in [0.29, 0.717) is 16.5 Å². The minimum atomic E-state index is -0.328. The molecule has 2 N–H and O–H groups in total. The molecule has 0 unspecified atom stereocenters. The van der Waals surface area contributed by atoms with Gasteiger partial charge in [-0.1, -0.05) is 30.0 Å². The lowest BCUT2D eigenvalue weighted by atomic mass is 10.1. The van der Waals surface area contributed by atoms with Gasteiger partial charge < -0.3 is 14.6 Å². The van der Waals surface area contributed by atoms with E-state index < -0.39 is 0 Å². The van der Waals surface area contributed by atoms with Gasteiger partial charge in [0, 0.05) is 11.3 Å². The maximum Gasteiger partial charge on any atom is 0.196 e. The first-order valence-corrected chi connectivity index (χ1v) is 9.76. The van der Waals surface area contributed by atoms with E-state index in [-0.39, 0.29) is 23.0 Å². The van der Waals surface area contributed by atoms with Crippen LogP contribution >= 0.6 is 11.8 Å². The summed E-state index contributed by atoms with van der Waals surface area (Å²) in [5.74, 6) is 0.652. The number of Topliss-reactive ketones (excluding diaryl/α,β-unsaturated/α-hetero) is 1. The zero-order valence-corrected chi connectivity index (χ0v) is 16.3. The third kappa shape index (κ3) is 3.74. The number of hydrogen-bond acceptors (Lipinski definition) is 7. The average molecular weight is 407 g/mol. The Kier molecular flexibility index (Phi) is 5.09. The van der Waals surface area contributed by atoms with Gasteiger partial charge in [0.2, 0.25) is 0 Å². The normalized spacial score (nSPS) is 10.9. The molecule has 0 saturated carbocycles. The van der Waals surface area contributed by atoms with Gasteiger partial charge in [-0.15, -0.1) is 10.2 Å². The summed E-state index contributed by atoms with van der Waals surface area (Å²) in [6, 6.07) is 15.5.